The Hall–Kier alpha value is -2.08. The van der Waals surface area contributed by atoms with E-state index in [1.54, 1.807) is 5.38 Å². The van der Waals surface area contributed by atoms with Crippen molar-refractivity contribution in [3.8, 4) is 5.75 Å². The number of unbranched alkanes of at least 4 members (excludes halogenated alkanes) is 2. The van der Waals surface area contributed by atoms with Crippen molar-refractivity contribution in [1.82, 2.24) is 4.98 Å². The van der Waals surface area contributed by atoms with Crippen LogP contribution in [0.25, 0.3) is 0 Å². The van der Waals surface area contributed by atoms with E-state index in [-0.39, 0.29) is 6.42 Å². The first-order chi connectivity index (χ1) is 11.2. The lowest BCUT2D eigenvalue weighted by molar-refractivity contribution is -0.136. The molecule has 0 fully saturated rings. The van der Waals surface area contributed by atoms with Crippen LogP contribution in [-0.4, -0.2) is 22.7 Å². The van der Waals surface area contributed by atoms with Crippen LogP contribution in [0.4, 0.5) is 5.13 Å². The zero-order valence-corrected chi connectivity index (χ0v) is 14.1. The van der Waals surface area contributed by atoms with Crippen molar-refractivity contribution in [2.45, 2.75) is 39.2 Å². The Bertz CT molecular complexity index is 611. The van der Waals surface area contributed by atoms with E-state index in [9.17, 15) is 4.79 Å². The molecule has 0 amide bonds. The number of carbonyl (C=O) groups is 1. The minimum atomic E-state index is -0.864. The second-order valence-electron chi connectivity index (χ2n) is 5.27. The second-order valence-corrected chi connectivity index (χ2v) is 6.13. The minimum Gasteiger partial charge on any atom is -0.494 e. The van der Waals surface area contributed by atoms with Gasteiger partial charge in [-0.1, -0.05) is 31.9 Å². The van der Waals surface area contributed by atoms with Gasteiger partial charge in [0.2, 0.25) is 0 Å². The van der Waals surface area contributed by atoms with Crippen molar-refractivity contribution in [2.24, 2.45) is 0 Å². The maximum absolute atomic E-state index is 10.6. The number of carboxylic acid groups (broad SMARTS) is 1. The van der Waals surface area contributed by atoms with Crippen LogP contribution >= 0.6 is 11.3 Å². The maximum Gasteiger partial charge on any atom is 0.309 e. The second kappa shape index (κ2) is 9.15. The Kier molecular flexibility index (Phi) is 6.87. The smallest absolute Gasteiger partial charge is 0.309 e. The summed E-state index contributed by atoms with van der Waals surface area (Å²) >= 11 is 1.42. The number of carboxylic acids is 1. The number of anilines is 1. The molecule has 124 valence electrons. The lowest BCUT2D eigenvalue weighted by Gasteiger charge is -2.07. The van der Waals surface area contributed by atoms with Gasteiger partial charge in [0.1, 0.15) is 5.75 Å². The summed E-state index contributed by atoms with van der Waals surface area (Å²) in [5, 5.41) is 14.4. The number of thiazole rings is 1. The molecule has 6 heteroatoms. The van der Waals surface area contributed by atoms with Crippen molar-refractivity contribution in [2.75, 3.05) is 11.9 Å². The molecular weight excluding hydrogens is 312 g/mol. The predicted octanol–water partition coefficient (Wildman–Crippen LogP) is 3.95. The van der Waals surface area contributed by atoms with Gasteiger partial charge < -0.3 is 15.2 Å². The lowest BCUT2D eigenvalue weighted by Crippen LogP contribution is -2.02. The summed E-state index contributed by atoms with van der Waals surface area (Å²) in [5.41, 5.74) is 1.71. The predicted molar refractivity (Wildman–Crippen MR) is 92.2 cm³/mol. The van der Waals surface area contributed by atoms with E-state index >= 15 is 0 Å². The number of aromatic nitrogens is 1. The molecule has 0 atom stereocenters. The lowest BCUT2D eigenvalue weighted by atomic mass is 10.2. The summed E-state index contributed by atoms with van der Waals surface area (Å²) in [6.07, 6.45) is 3.43. The summed E-state index contributed by atoms with van der Waals surface area (Å²) in [5.74, 6) is 0.0271. The highest BCUT2D eigenvalue weighted by Crippen LogP contribution is 2.18. The van der Waals surface area contributed by atoms with Crippen molar-refractivity contribution in [3.05, 3.63) is 40.9 Å². The number of hydrogen-bond acceptors (Lipinski definition) is 5. The molecule has 0 saturated carbocycles. The highest BCUT2D eigenvalue weighted by molar-refractivity contribution is 7.13. The molecule has 2 aromatic rings. The van der Waals surface area contributed by atoms with Gasteiger partial charge in [-0.2, -0.15) is 0 Å². The van der Waals surface area contributed by atoms with E-state index in [1.165, 1.54) is 24.2 Å². The van der Waals surface area contributed by atoms with Crippen LogP contribution in [0.5, 0.6) is 5.75 Å². The van der Waals surface area contributed by atoms with E-state index in [0.29, 0.717) is 12.2 Å². The van der Waals surface area contributed by atoms with Gasteiger partial charge in [0.15, 0.2) is 5.13 Å². The number of ether oxygens (including phenoxy) is 1. The molecule has 0 saturated heterocycles. The summed E-state index contributed by atoms with van der Waals surface area (Å²) in [6, 6.07) is 7.99. The number of nitrogens with zero attached hydrogens (tertiary/aromatic N) is 1. The van der Waals surface area contributed by atoms with Crippen LogP contribution < -0.4 is 10.1 Å². The zero-order valence-electron chi connectivity index (χ0n) is 13.2. The van der Waals surface area contributed by atoms with Gasteiger partial charge in [0, 0.05) is 11.9 Å². The fraction of sp³-hybridized carbons (Fsp3) is 0.412. The Balaban J connectivity index is 1.77. The molecule has 0 aliphatic heterocycles. The fourth-order valence-electron chi connectivity index (χ4n) is 2.05. The molecule has 2 N–H and O–H groups in total. The standard InChI is InChI=1S/C17H22N2O3S/c1-2-3-4-9-22-15-7-5-13(6-8-15)11-18-17-19-14(12-23-17)10-16(20)21/h5-8,12H,2-4,9-11H2,1H3,(H,18,19)(H,20,21). The average Bonchev–Trinajstić information content (AvgIpc) is 2.97. The van der Waals surface area contributed by atoms with Crippen molar-refractivity contribution >= 4 is 22.4 Å². The summed E-state index contributed by atoms with van der Waals surface area (Å²) in [4.78, 5) is 14.9. The van der Waals surface area contributed by atoms with Gasteiger partial charge in [0.25, 0.3) is 0 Å². The summed E-state index contributed by atoms with van der Waals surface area (Å²) in [7, 11) is 0. The molecule has 0 radical (unpaired) electrons. The zero-order chi connectivity index (χ0) is 16.5. The summed E-state index contributed by atoms with van der Waals surface area (Å²) in [6.45, 7) is 3.59. The molecule has 5 nitrogen and oxygen atoms in total. The molecular formula is C17H22N2O3S. The first kappa shape index (κ1) is 17.3. The molecule has 1 aromatic carbocycles. The number of aliphatic carboxylic acids is 1. The third-order valence-electron chi connectivity index (χ3n) is 3.27. The highest BCUT2D eigenvalue weighted by Gasteiger charge is 2.06. The molecule has 0 aliphatic carbocycles. The van der Waals surface area contributed by atoms with Gasteiger partial charge in [0.05, 0.1) is 18.7 Å². The third kappa shape index (κ3) is 6.28. The van der Waals surface area contributed by atoms with Crippen LogP contribution in [0, 0.1) is 0 Å². The quantitative estimate of drug-likeness (QED) is 0.644. The molecule has 0 unspecified atom stereocenters. The number of benzene rings is 1. The van der Waals surface area contributed by atoms with Crippen molar-refractivity contribution < 1.29 is 14.6 Å². The fourth-order valence-corrected chi connectivity index (χ4v) is 2.76. The molecule has 1 heterocycles. The molecule has 0 bridgehead atoms. The Morgan fingerprint density at radius 1 is 1.30 bits per heavy atom. The Morgan fingerprint density at radius 2 is 2.09 bits per heavy atom. The number of nitrogens with one attached hydrogen (secondary N) is 1. The topological polar surface area (TPSA) is 71.5 Å². The van der Waals surface area contributed by atoms with Crippen molar-refractivity contribution in [3.63, 3.8) is 0 Å². The van der Waals surface area contributed by atoms with E-state index in [2.05, 4.69) is 17.2 Å². The van der Waals surface area contributed by atoms with Gasteiger partial charge in [-0.15, -0.1) is 11.3 Å². The highest BCUT2D eigenvalue weighted by atomic mass is 32.1. The van der Waals surface area contributed by atoms with Crippen LogP contribution in [0.15, 0.2) is 29.6 Å². The molecule has 1 aromatic heterocycles. The van der Waals surface area contributed by atoms with Crippen LogP contribution in [0.2, 0.25) is 0 Å². The minimum absolute atomic E-state index is 0.0394. The van der Waals surface area contributed by atoms with Crippen molar-refractivity contribution in [1.29, 1.82) is 0 Å². The first-order valence-corrected chi connectivity index (χ1v) is 8.67. The number of rotatable bonds is 10. The van der Waals surface area contributed by atoms with Crippen LogP contribution in [-0.2, 0) is 17.8 Å². The SMILES string of the molecule is CCCCCOc1ccc(CNc2nc(CC(=O)O)cs2)cc1. The van der Waals surface area contributed by atoms with Gasteiger partial charge in [-0.05, 0) is 24.1 Å². The van der Waals surface area contributed by atoms with E-state index < -0.39 is 5.97 Å². The average molecular weight is 334 g/mol. The van der Waals surface area contributed by atoms with E-state index in [4.69, 9.17) is 9.84 Å². The maximum atomic E-state index is 10.6. The van der Waals surface area contributed by atoms with E-state index in [1.807, 2.05) is 24.3 Å². The summed E-state index contributed by atoms with van der Waals surface area (Å²) < 4.78 is 5.68. The molecule has 0 spiro atoms. The van der Waals surface area contributed by atoms with Gasteiger partial charge in [-0.3, -0.25) is 4.79 Å². The number of hydrogen-bond donors (Lipinski definition) is 2. The van der Waals surface area contributed by atoms with Gasteiger partial charge in [-0.25, -0.2) is 4.98 Å². The monoisotopic (exact) mass is 334 g/mol. The third-order valence-corrected chi connectivity index (χ3v) is 4.12. The molecule has 23 heavy (non-hydrogen) atoms. The normalized spacial score (nSPS) is 10.5. The Morgan fingerprint density at radius 3 is 2.78 bits per heavy atom. The van der Waals surface area contributed by atoms with Crippen LogP contribution in [0.3, 0.4) is 0 Å². The van der Waals surface area contributed by atoms with E-state index in [0.717, 1.165) is 29.5 Å². The molecule has 0 aliphatic rings. The first-order valence-electron chi connectivity index (χ1n) is 7.79. The molecule has 2 rings (SSSR count). The Labute approximate surface area is 140 Å². The largest absolute Gasteiger partial charge is 0.494 e. The van der Waals surface area contributed by atoms with Crippen LogP contribution in [0.1, 0.15) is 37.4 Å². The van der Waals surface area contributed by atoms with Gasteiger partial charge >= 0.3 is 5.97 Å².